The normalized spacial score (nSPS) is 19.3. The Morgan fingerprint density at radius 3 is 2.54 bits per heavy atom. The van der Waals surface area contributed by atoms with Crippen molar-refractivity contribution < 1.29 is 32.8 Å². The molecule has 14 nitrogen and oxygen atoms in total. The topological polar surface area (TPSA) is 167 Å². The summed E-state index contributed by atoms with van der Waals surface area (Å²) in [5.41, 5.74) is 12.2. The fraction of sp³-hybridized carbons (Fsp3) is 0.468. The molecule has 5 aliphatic rings. The molecule has 0 aliphatic carbocycles. The first kappa shape index (κ1) is 43.3. The molecule has 3 N–H and O–H groups in total. The third-order valence-corrected chi connectivity index (χ3v) is 13.0. The summed E-state index contributed by atoms with van der Waals surface area (Å²) in [4.78, 5) is 74.6. The zero-order chi connectivity index (χ0) is 44.4. The molecule has 8 rings (SSSR count). The van der Waals surface area contributed by atoms with E-state index in [1.165, 1.54) is 17.3 Å². The molecule has 1 aromatic heterocycles. The van der Waals surface area contributed by atoms with Gasteiger partial charge in [-0.15, -0.1) is 0 Å². The number of nitrogens with two attached hydrogens (primary N) is 1. The van der Waals surface area contributed by atoms with E-state index in [4.69, 9.17) is 10.8 Å². The minimum absolute atomic E-state index is 0.0299. The number of nitrogens with zero attached hydrogens (tertiary/aromatic N) is 7. The van der Waals surface area contributed by atoms with Crippen LogP contribution in [-0.4, -0.2) is 99.5 Å². The molecule has 0 saturated carbocycles. The van der Waals surface area contributed by atoms with Gasteiger partial charge in [0.25, 0.3) is 12.3 Å². The number of fused-ring (bicyclic) bond motifs is 3. The largest absolute Gasteiger partial charge is 0.404 e. The SMILES string of the molecule is CN=C/C(=C\N)c1cc2c(cc1C(F)F)N(c1nn(C3CCN(C(=O)CCCCC#Cc4cccc5c4CN(C4CCC(=O)NC4=O)C5=O)CC3)c3c1CN(C(C)=O)CC3)CCC2. The molecule has 3 aromatic rings. The maximum atomic E-state index is 14.7. The van der Waals surface area contributed by atoms with Crippen LogP contribution in [0.15, 0.2) is 41.5 Å². The van der Waals surface area contributed by atoms with Gasteiger partial charge in [0.1, 0.15) is 6.04 Å². The number of carbonyl (C=O) groups excluding carboxylic acids is 5. The van der Waals surface area contributed by atoms with Gasteiger partial charge in [-0.3, -0.25) is 39.0 Å². The van der Waals surface area contributed by atoms with E-state index in [0.29, 0.717) is 112 Å². The number of aliphatic imine (C=N–C) groups is 1. The standard InChI is InChI=1S/C47H53F2N9O5/c1-29(59)55-22-18-39-38(27-55)45(56-19-8-11-31-23-35(32(25-50)26-51-2)36(44(48)49)24-41(31)56)53-58(39)33-16-20-54(21-17-33)43(61)13-6-4-3-5-9-30-10-7-12-34-37(30)28-57(47(34)63)40-14-15-42(60)52-46(40)62/h7,10,12,23-26,33,40,44H,3-4,6,8,11,13-22,27-28,50H2,1-2H3,(H,52,60,62)/b32-25+,51-26?. The van der Waals surface area contributed by atoms with Gasteiger partial charge >= 0.3 is 0 Å². The Bertz CT molecular complexity index is 2460. The smallest absolute Gasteiger partial charge is 0.264 e. The molecule has 16 heteroatoms. The Morgan fingerprint density at radius 1 is 1.00 bits per heavy atom. The lowest BCUT2D eigenvalue weighted by molar-refractivity contribution is -0.137. The van der Waals surface area contributed by atoms with E-state index in [-0.39, 0.29) is 48.2 Å². The Morgan fingerprint density at radius 2 is 1.81 bits per heavy atom. The Balaban J connectivity index is 0.900. The molecule has 5 amide bonds. The molecule has 2 aromatic carbocycles. The fourth-order valence-electron chi connectivity index (χ4n) is 9.72. The van der Waals surface area contributed by atoms with Crippen LogP contribution in [0.3, 0.4) is 0 Å². The summed E-state index contributed by atoms with van der Waals surface area (Å²) < 4.78 is 31.4. The molecular weight excluding hydrogens is 809 g/mol. The molecule has 2 fully saturated rings. The van der Waals surface area contributed by atoms with E-state index < -0.39 is 18.4 Å². The van der Waals surface area contributed by atoms with E-state index in [2.05, 4.69) is 26.8 Å². The highest BCUT2D eigenvalue weighted by atomic mass is 19.3. The number of rotatable bonds is 10. The summed E-state index contributed by atoms with van der Waals surface area (Å²) in [7, 11) is 1.57. The van der Waals surface area contributed by atoms with Gasteiger partial charge in [-0.2, -0.15) is 5.10 Å². The van der Waals surface area contributed by atoms with Crippen molar-refractivity contribution in [3.63, 3.8) is 0 Å². The number of carbonyl (C=O) groups is 5. The summed E-state index contributed by atoms with van der Waals surface area (Å²) in [6.07, 6.45) is 6.53. The van der Waals surface area contributed by atoms with E-state index in [9.17, 15) is 32.8 Å². The van der Waals surface area contributed by atoms with Gasteiger partial charge in [0, 0.05) is 124 Å². The van der Waals surface area contributed by atoms with Crippen molar-refractivity contribution >= 4 is 52.8 Å². The number of likely N-dealkylation sites (tertiary alicyclic amines) is 1. The third kappa shape index (κ3) is 8.70. The lowest BCUT2D eigenvalue weighted by atomic mass is 9.92. The molecule has 330 valence electrons. The number of aromatic nitrogens is 2. The van der Waals surface area contributed by atoms with Gasteiger partial charge in [0.05, 0.1) is 12.6 Å². The maximum absolute atomic E-state index is 14.7. The number of amides is 5. The van der Waals surface area contributed by atoms with E-state index in [1.807, 2.05) is 15.9 Å². The fourth-order valence-corrected chi connectivity index (χ4v) is 9.72. The first-order chi connectivity index (χ1) is 30.5. The zero-order valence-corrected chi connectivity index (χ0v) is 35.8. The molecule has 0 spiro atoms. The average molecular weight is 862 g/mol. The lowest BCUT2D eigenvalue weighted by Crippen LogP contribution is -2.52. The van der Waals surface area contributed by atoms with Crippen LogP contribution < -0.4 is 16.0 Å². The number of hydrogen-bond donors (Lipinski definition) is 2. The van der Waals surface area contributed by atoms with Crippen molar-refractivity contribution in [1.82, 2.24) is 29.8 Å². The summed E-state index contributed by atoms with van der Waals surface area (Å²) in [5.74, 6) is 6.18. The van der Waals surface area contributed by atoms with Crippen molar-refractivity contribution in [3.05, 3.63) is 81.2 Å². The van der Waals surface area contributed by atoms with Crippen LogP contribution in [0.2, 0.25) is 0 Å². The van der Waals surface area contributed by atoms with Crippen LogP contribution >= 0.6 is 0 Å². The Kier molecular flexibility index (Phi) is 12.7. The number of benzene rings is 2. The minimum atomic E-state index is -2.74. The van der Waals surface area contributed by atoms with Crippen LogP contribution in [0.25, 0.3) is 5.57 Å². The maximum Gasteiger partial charge on any atom is 0.264 e. The van der Waals surface area contributed by atoms with Crippen LogP contribution in [0.4, 0.5) is 20.3 Å². The van der Waals surface area contributed by atoms with Crippen molar-refractivity contribution in [2.45, 2.75) is 109 Å². The van der Waals surface area contributed by atoms with Crippen LogP contribution in [0.5, 0.6) is 0 Å². The highest BCUT2D eigenvalue weighted by Gasteiger charge is 2.40. The molecule has 63 heavy (non-hydrogen) atoms. The first-order valence-electron chi connectivity index (χ1n) is 21.9. The van der Waals surface area contributed by atoms with Crippen LogP contribution in [0, 0.1) is 11.8 Å². The van der Waals surface area contributed by atoms with Crippen LogP contribution in [0.1, 0.15) is 127 Å². The van der Waals surface area contributed by atoms with Gasteiger partial charge in [0.15, 0.2) is 5.82 Å². The van der Waals surface area contributed by atoms with Crippen molar-refractivity contribution in [2.75, 3.05) is 38.1 Å². The summed E-state index contributed by atoms with van der Waals surface area (Å²) in [5, 5.41) is 7.57. The Labute approximate surface area is 365 Å². The molecule has 1 atom stereocenters. The zero-order valence-electron chi connectivity index (χ0n) is 35.8. The number of unbranched alkanes of at least 4 members (excludes halogenated alkanes) is 2. The highest BCUT2D eigenvalue weighted by molar-refractivity contribution is 6.10. The van der Waals surface area contributed by atoms with Gasteiger partial charge < -0.3 is 25.3 Å². The molecule has 2 saturated heterocycles. The lowest BCUT2D eigenvalue weighted by Gasteiger charge is -2.34. The highest BCUT2D eigenvalue weighted by Crippen LogP contribution is 2.43. The van der Waals surface area contributed by atoms with E-state index in [0.717, 1.165) is 40.8 Å². The van der Waals surface area contributed by atoms with Crippen molar-refractivity contribution in [3.8, 4) is 11.8 Å². The molecule has 1 unspecified atom stereocenters. The number of alkyl halides is 2. The summed E-state index contributed by atoms with van der Waals surface area (Å²) in [6.45, 7) is 4.54. The summed E-state index contributed by atoms with van der Waals surface area (Å²) >= 11 is 0. The van der Waals surface area contributed by atoms with Gasteiger partial charge in [-0.25, -0.2) is 8.78 Å². The molecular formula is C47H53F2N9O5. The number of halogens is 2. The molecule has 0 radical (unpaired) electrons. The second-order valence-corrected chi connectivity index (χ2v) is 16.9. The number of anilines is 2. The number of aryl methyl sites for hydroxylation is 1. The quantitative estimate of drug-likeness (QED) is 0.119. The number of imide groups is 1. The van der Waals surface area contributed by atoms with Crippen molar-refractivity contribution in [2.24, 2.45) is 10.7 Å². The average Bonchev–Trinajstić information content (AvgIpc) is 3.83. The van der Waals surface area contributed by atoms with Crippen LogP contribution in [-0.2, 0) is 45.1 Å². The third-order valence-electron chi connectivity index (χ3n) is 13.0. The van der Waals surface area contributed by atoms with E-state index in [1.54, 1.807) is 43.1 Å². The second-order valence-electron chi connectivity index (χ2n) is 16.9. The number of allylic oxidation sites excluding steroid dienone is 1. The summed E-state index contributed by atoms with van der Waals surface area (Å²) in [6, 6.07) is 8.12. The number of piperidine rings is 2. The number of hydrogen-bond acceptors (Lipinski definition) is 9. The molecule has 5 aliphatic heterocycles. The first-order valence-corrected chi connectivity index (χ1v) is 21.9. The predicted molar refractivity (Wildman–Crippen MR) is 233 cm³/mol. The van der Waals surface area contributed by atoms with E-state index >= 15 is 0 Å². The number of nitrogens with one attached hydrogen (secondary N) is 1. The predicted octanol–water partition coefficient (Wildman–Crippen LogP) is 5.35. The van der Waals surface area contributed by atoms with Gasteiger partial charge in [-0.05, 0) is 85.9 Å². The molecule has 6 heterocycles. The molecule has 0 bridgehead atoms. The van der Waals surface area contributed by atoms with Gasteiger partial charge in [-0.1, -0.05) is 17.9 Å². The Hall–Kier alpha value is -6.37. The monoisotopic (exact) mass is 861 g/mol. The minimum Gasteiger partial charge on any atom is -0.404 e. The second kappa shape index (κ2) is 18.5. The van der Waals surface area contributed by atoms with Gasteiger partial charge in [0.2, 0.25) is 23.6 Å². The van der Waals surface area contributed by atoms with Crippen molar-refractivity contribution in [1.29, 1.82) is 0 Å².